The number of aromatic nitrogens is 2. The molecule has 0 atom stereocenters. The van der Waals surface area contributed by atoms with Gasteiger partial charge in [-0.05, 0) is 43.2 Å². The number of halogens is 1. The van der Waals surface area contributed by atoms with Crippen molar-refractivity contribution in [2.45, 2.75) is 20.3 Å². The standard InChI is InChI=1S/C12H13FN2/c1-3-10-7-12(15-14-10)9-4-5-11(13)8(2)6-9/h4-7H,3H2,1-2H3,(H,14,15). The van der Waals surface area contributed by atoms with Crippen LogP contribution in [0.15, 0.2) is 24.3 Å². The monoisotopic (exact) mass is 204 g/mol. The second kappa shape index (κ2) is 3.85. The minimum atomic E-state index is -0.176. The number of benzene rings is 1. The van der Waals surface area contributed by atoms with E-state index in [9.17, 15) is 4.39 Å². The van der Waals surface area contributed by atoms with Gasteiger partial charge in [-0.25, -0.2) is 4.39 Å². The zero-order valence-electron chi connectivity index (χ0n) is 8.84. The lowest BCUT2D eigenvalue weighted by Crippen LogP contribution is -1.84. The van der Waals surface area contributed by atoms with Crippen LogP contribution in [0.25, 0.3) is 11.3 Å². The molecule has 0 spiro atoms. The summed E-state index contributed by atoms with van der Waals surface area (Å²) in [6.07, 6.45) is 0.924. The quantitative estimate of drug-likeness (QED) is 0.800. The predicted molar refractivity (Wildman–Crippen MR) is 58.1 cm³/mol. The Hall–Kier alpha value is -1.64. The molecule has 0 amide bonds. The fourth-order valence-electron chi connectivity index (χ4n) is 1.49. The van der Waals surface area contributed by atoms with Crippen LogP contribution in [-0.4, -0.2) is 10.2 Å². The van der Waals surface area contributed by atoms with Crippen LogP contribution in [0.4, 0.5) is 4.39 Å². The molecule has 0 unspecified atom stereocenters. The average Bonchev–Trinajstić information content (AvgIpc) is 2.70. The van der Waals surface area contributed by atoms with Crippen molar-refractivity contribution < 1.29 is 4.39 Å². The molecule has 1 aromatic carbocycles. The van der Waals surface area contributed by atoms with Gasteiger partial charge in [-0.2, -0.15) is 5.10 Å². The Morgan fingerprint density at radius 1 is 1.33 bits per heavy atom. The maximum absolute atomic E-state index is 13.1. The Balaban J connectivity index is 2.40. The first-order chi connectivity index (χ1) is 7.20. The van der Waals surface area contributed by atoms with E-state index in [1.54, 1.807) is 13.0 Å². The molecule has 0 radical (unpaired) electrons. The molecule has 2 rings (SSSR count). The van der Waals surface area contributed by atoms with Crippen molar-refractivity contribution in [3.8, 4) is 11.3 Å². The Morgan fingerprint density at radius 3 is 2.73 bits per heavy atom. The third kappa shape index (κ3) is 1.91. The second-order valence-electron chi connectivity index (χ2n) is 3.60. The third-order valence-electron chi connectivity index (χ3n) is 2.47. The molecule has 1 N–H and O–H groups in total. The molecule has 2 nitrogen and oxygen atoms in total. The number of hydrogen-bond donors (Lipinski definition) is 1. The van der Waals surface area contributed by atoms with Gasteiger partial charge in [-0.3, -0.25) is 5.10 Å². The molecule has 3 heteroatoms. The summed E-state index contributed by atoms with van der Waals surface area (Å²) in [5.74, 6) is -0.176. The molecule has 0 saturated heterocycles. The van der Waals surface area contributed by atoms with Crippen LogP contribution in [0, 0.1) is 12.7 Å². The van der Waals surface area contributed by atoms with Gasteiger partial charge < -0.3 is 0 Å². The summed E-state index contributed by atoms with van der Waals surface area (Å²) >= 11 is 0. The maximum Gasteiger partial charge on any atom is 0.126 e. The molecule has 78 valence electrons. The van der Waals surface area contributed by atoms with Crippen LogP contribution in [-0.2, 0) is 6.42 Å². The molecule has 1 heterocycles. The lowest BCUT2D eigenvalue weighted by atomic mass is 10.1. The van der Waals surface area contributed by atoms with Gasteiger partial charge in [0.1, 0.15) is 5.82 Å². The van der Waals surface area contributed by atoms with Gasteiger partial charge in [0.15, 0.2) is 0 Å². The third-order valence-corrected chi connectivity index (χ3v) is 2.47. The molecule has 0 aliphatic heterocycles. The average molecular weight is 204 g/mol. The largest absolute Gasteiger partial charge is 0.282 e. The summed E-state index contributed by atoms with van der Waals surface area (Å²) in [5.41, 5.74) is 3.56. The Kier molecular flexibility index (Phi) is 2.54. The van der Waals surface area contributed by atoms with E-state index in [1.165, 1.54) is 6.07 Å². The van der Waals surface area contributed by atoms with Crippen LogP contribution >= 0.6 is 0 Å². The lowest BCUT2D eigenvalue weighted by molar-refractivity contribution is 0.619. The van der Waals surface area contributed by atoms with Crippen molar-refractivity contribution >= 4 is 0 Å². The number of aryl methyl sites for hydroxylation is 2. The van der Waals surface area contributed by atoms with E-state index < -0.39 is 0 Å². The summed E-state index contributed by atoms with van der Waals surface area (Å²) in [5, 5.41) is 7.12. The molecule has 1 aromatic heterocycles. The Morgan fingerprint density at radius 2 is 2.13 bits per heavy atom. The second-order valence-corrected chi connectivity index (χ2v) is 3.60. The van der Waals surface area contributed by atoms with Gasteiger partial charge in [0.2, 0.25) is 0 Å². The van der Waals surface area contributed by atoms with E-state index in [1.807, 2.05) is 12.1 Å². The normalized spacial score (nSPS) is 10.6. The van der Waals surface area contributed by atoms with Gasteiger partial charge in [-0.1, -0.05) is 6.92 Å². The SMILES string of the molecule is CCc1cc(-c2ccc(F)c(C)c2)n[nH]1. The molecule has 0 aliphatic carbocycles. The number of nitrogens with one attached hydrogen (secondary N) is 1. The number of H-pyrrole nitrogens is 1. The molecule has 0 saturated carbocycles. The number of rotatable bonds is 2. The Labute approximate surface area is 88.1 Å². The van der Waals surface area contributed by atoms with Crippen LogP contribution < -0.4 is 0 Å². The van der Waals surface area contributed by atoms with E-state index >= 15 is 0 Å². The summed E-state index contributed by atoms with van der Waals surface area (Å²) in [6, 6.07) is 7.03. The highest BCUT2D eigenvalue weighted by Gasteiger charge is 2.04. The molecule has 2 aromatic rings. The molecule has 0 bridgehead atoms. The first-order valence-electron chi connectivity index (χ1n) is 5.01. The Bertz CT molecular complexity index is 474. The van der Waals surface area contributed by atoms with E-state index in [4.69, 9.17) is 0 Å². The fourth-order valence-corrected chi connectivity index (χ4v) is 1.49. The summed E-state index contributed by atoms with van der Waals surface area (Å²) in [7, 11) is 0. The molecule has 0 aliphatic rings. The van der Waals surface area contributed by atoms with E-state index in [-0.39, 0.29) is 5.82 Å². The van der Waals surface area contributed by atoms with Crippen LogP contribution in [0.2, 0.25) is 0 Å². The van der Waals surface area contributed by atoms with Crippen molar-refractivity contribution in [1.29, 1.82) is 0 Å². The molecule has 0 fully saturated rings. The lowest BCUT2D eigenvalue weighted by Gasteiger charge is -1.99. The summed E-state index contributed by atoms with van der Waals surface area (Å²) < 4.78 is 13.1. The van der Waals surface area contributed by atoms with Crippen LogP contribution in [0.5, 0.6) is 0 Å². The van der Waals surface area contributed by atoms with Crippen molar-refractivity contribution in [2.24, 2.45) is 0 Å². The van der Waals surface area contributed by atoms with E-state index in [2.05, 4.69) is 17.1 Å². The zero-order valence-corrected chi connectivity index (χ0v) is 8.84. The van der Waals surface area contributed by atoms with Gasteiger partial charge in [0.05, 0.1) is 5.69 Å². The highest BCUT2D eigenvalue weighted by Crippen LogP contribution is 2.20. The zero-order chi connectivity index (χ0) is 10.8. The van der Waals surface area contributed by atoms with E-state index in [0.717, 1.165) is 23.4 Å². The molecular weight excluding hydrogens is 191 g/mol. The van der Waals surface area contributed by atoms with Crippen molar-refractivity contribution in [2.75, 3.05) is 0 Å². The minimum absolute atomic E-state index is 0.176. The van der Waals surface area contributed by atoms with Gasteiger partial charge in [-0.15, -0.1) is 0 Å². The molecule has 15 heavy (non-hydrogen) atoms. The first kappa shape index (κ1) is 9.90. The fraction of sp³-hybridized carbons (Fsp3) is 0.250. The maximum atomic E-state index is 13.1. The van der Waals surface area contributed by atoms with Crippen molar-refractivity contribution in [1.82, 2.24) is 10.2 Å². The van der Waals surface area contributed by atoms with Crippen LogP contribution in [0.1, 0.15) is 18.2 Å². The summed E-state index contributed by atoms with van der Waals surface area (Å²) in [6.45, 7) is 3.82. The number of hydrogen-bond acceptors (Lipinski definition) is 1. The highest BCUT2D eigenvalue weighted by molar-refractivity contribution is 5.60. The minimum Gasteiger partial charge on any atom is -0.282 e. The number of aromatic amines is 1. The van der Waals surface area contributed by atoms with Crippen molar-refractivity contribution in [3.63, 3.8) is 0 Å². The van der Waals surface area contributed by atoms with Crippen LogP contribution in [0.3, 0.4) is 0 Å². The smallest absolute Gasteiger partial charge is 0.126 e. The highest BCUT2D eigenvalue weighted by atomic mass is 19.1. The number of nitrogens with zero attached hydrogens (tertiary/aromatic N) is 1. The van der Waals surface area contributed by atoms with Crippen molar-refractivity contribution in [3.05, 3.63) is 41.3 Å². The van der Waals surface area contributed by atoms with Gasteiger partial charge in [0, 0.05) is 11.3 Å². The topological polar surface area (TPSA) is 28.7 Å². The van der Waals surface area contributed by atoms with E-state index in [0.29, 0.717) is 5.56 Å². The van der Waals surface area contributed by atoms with Gasteiger partial charge >= 0.3 is 0 Å². The summed E-state index contributed by atoms with van der Waals surface area (Å²) in [4.78, 5) is 0. The first-order valence-corrected chi connectivity index (χ1v) is 5.01. The molecular formula is C12H13FN2. The van der Waals surface area contributed by atoms with Gasteiger partial charge in [0.25, 0.3) is 0 Å². The predicted octanol–water partition coefficient (Wildman–Crippen LogP) is 3.09.